The minimum absolute atomic E-state index is 0.635. The smallest absolute Gasteiger partial charge is 0.0998 e. The molecule has 0 aliphatic carbocycles. The number of nitriles is 2. The molecule has 0 saturated carbocycles. The van der Waals surface area contributed by atoms with Crippen molar-refractivity contribution in [1.82, 2.24) is 9.13 Å². The van der Waals surface area contributed by atoms with Crippen molar-refractivity contribution < 1.29 is 0 Å². The molecule has 9 aromatic rings. The van der Waals surface area contributed by atoms with Crippen molar-refractivity contribution >= 4 is 43.6 Å². The second kappa shape index (κ2) is 10.9. The van der Waals surface area contributed by atoms with Gasteiger partial charge in [-0.25, -0.2) is 0 Å². The number of hydrogen-bond donors (Lipinski definition) is 0. The molecule has 4 heteroatoms. The number of hydrogen-bond acceptors (Lipinski definition) is 2. The van der Waals surface area contributed by atoms with Crippen LogP contribution in [0.2, 0.25) is 0 Å². The monoisotopic (exact) mass is 610 g/mol. The van der Waals surface area contributed by atoms with E-state index < -0.39 is 0 Å². The molecule has 0 saturated heterocycles. The van der Waals surface area contributed by atoms with Gasteiger partial charge >= 0.3 is 0 Å². The maximum atomic E-state index is 9.73. The lowest BCUT2D eigenvalue weighted by atomic mass is 9.98. The number of benzene rings is 7. The zero-order valence-electron chi connectivity index (χ0n) is 25.8. The first-order valence-electron chi connectivity index (χ1n) is 15.9. The van der Waals surface area contributed by atoms with Gasteiger partial charge in [0.05, 0.1) is 45.3 Å². The number of rotatable bonds is 4. The van der Waals surface area contributed by atoms with Crippen LogP contribution in [0.1, 0.15) is 11.1 Å². The highest BCUT2D eigenvalue weighted by Crippen LogP contribution is 2.43. The van der Waals surface area contributed by atoms with Crippen molar-refractivity contribution in [3.63, 3.8) is 0 Å². The van der Waals surface area contributed by atoms with Gasteiger partial charge in [-0.3, -0.25) is 0 Å². The molecular weight excluding hydrogens is 585 g/mol. The molecule has 0 unspecified atom stereocenters. The Labute approximate surface area is 277 Å². The summed E-state index contributed by atoms with van der Waals surface area (Å²) in [5, 5.41) is 24.0. The number of aromatic nitrogens is 2. The fourth-order valence-corrected chi connectivity index (χ4v) is 7.32. The van der Waals surface area contributed by atoms with Gasteiger partial charge in [-0.1, -0.05) is 103 Å². The van der Waals surface area contributed by atoms with E-state index in [4.69, 9.17) is 0 Å². The Morgan fingerprint density at radius 3 is 1.38 bits per heavy atom. The first-order valence-corrected chi connectivity index (χ1v) is 15.9. The van der Waals surface area contributed by atoms with Crippen molar-refractivity contribution in [2.75, 3.05) is 0 Å². The molecule has 0 amide bonds. The summed E-state index contributed by atoms with van der Waals surface area (Å²) in [5.74, 6) is 0. The topological polar surface area (TPSA) is 57.4 Å². The zero-order chi connectivity index (χ0) is 32.2. The van der Waals surface area contributed by atoms with E-state index in [0.717, 1.165) is 55.7 Å². The molecule has 0 N–H and O–H groups in total. The summed E-state index contributed by atoms with van der Waals surface area (Å²) >= 11 is 0. The molecule has 0 aliphatic heterocycles. The lowest BCUT2D eigenvalue weighted by molar-refractivity contribution is 1.17. The predicted octanol–water partition coefficient (Wildman–Crippen LogP) is 11.0. The Kier molecular flexibility index (Phi) is 6.22. The summed E-state index contributed by atoms with van der Waals surface area (Å²) in [6.45, 7) is 0. The van der Waals surface area contributed by atoms with Crippen molar-refractivity contribution in [3.8, 4) is 45.8 Å². The van der Waals surface area contributed by atoms with Crippen molar-refractivity contribution in [2.24, 2.45) is 0 Å². The Hall–Kier alpha value is -6.88. The van der Waals surface area contributed by atoms with Crippen LogP contribution in [0.4, 0.5) is 0 Å². The summed E-state index contributed by atoms with van der Waals surface area (Å²) in [6, 6.07) is 59.0. The van der Waals surface area contributed by atoms with Crippen LogP contribution >= 0.6 is 0 Å². The minimum atomic E-state index is 0.635. The van der Waals surface area contributed by atoms with Gasteiger partial charge in [-0.2, -0.15) is 10.5 Å². The Morgan fingerprint density at radius 2 is 0.833 bits per heavy atom. The van der Waals surface area contributed by atoms with Crippen LogP contribution in [0.25, 0.3) is 77.2 Å². The highest BCUT2D eigenvalue weighted by atomic mass is 15.0. The second-order valence-electron chi connectivity index (χ2n) is 12.0. The largest absolute Gasteiger partial charge is 0.309 e. The van der Waals surface area contributed by atoms with Gasteiger partial charge in [-0.15, -0.1) is 0 Å². The van der Waals surface area contributed by atoms with Crippen LogP contribution in [0.15, 0.2) is 158 Å². The molecule has 0 radical (unpaired) electrons. The van der Waals surface area contributed by atoms with Gasteiger partial charge in [0.1, 0.15) is 0 Å². The van der Waals surface area contributed by atoms with Gasteiger partial charge in [0.2, 0.25) is 0 Å². The third kappa shape index (κ3) is 4.07. The lowest BCUT2D eigenvalue weighted by Crippen LogP contribution is -1.98. The summed E-state index contributed by atoms with van der Waals surface area (Å²) < 4.78 is 4.70. The molecule has 0 fully saturated rings. The molecule has 48 heavy (non-hydrogen) atoms. The molecule has 0 spiro atoms. The molecule has 9 rings (SSSR count). The van der Waals surface area contributed by atoms with Crippen molar-refractivity contribution in [1.29, 1.82) is 10.5 Å². The second-order valence-corrected chi connectivity index (χ2v) is 12.0. The molecule has 2 heterocycles. The van der Waals surface area contributed by atoms with Gasteiger partial charge in [0.25, 0.3) is 0 Å². The number of para-hydroxylation sites is 4. The number of fused-ring (bicyclic) bond motifs is 6. The number of nitrogens with zero attached hydrogens (tertiary/aromatic N) is 4. The molecular formula is C44H26N4. The van der Waals surface area contributed by atoms with Gasteiger partial charge < -0.3 is 9.13 Å². The van der Waals surface area contributed by atoms with Crippen LogP contribution in [-0.4, -0.2) is 9.13 Å². The van der Waals surface area contributed by atoms with Crippen LogP contribution in [0.3, 0.4) is 0 Å². The molecule has 2 aromatic heterocycles. The van der Waals surface area contributed by atoms with E-state index in [1.165, 1.54) is 21.5 Å². The van der Waals surface area contributed by atoms with Gasteiger partial charge in [-0.05, 0) is 65.7 Å². The van der Waals surface area contributed by atoms with Crippen LogP contribution < -0.4 is 0 Å². The molecule has 0 atom stereocenters. The first kappa shape index (κ1) is 27.4. The van der Waals surface area contributed by atoms with E-state index in [9.17, 15) is 10.5 Å². The highest BCUT2D eigenvalue weighted by molar-refractivity contribution is 6.19. The molecule has 0 bridgehead atoms. The average molecular weight is 611 g/mol. The first-order chi connectivity index (χ1) is 23.7. The van der Waals surface area contributed by atoms with Crippen LogP contribution in [0, 0.1) is 22.7 Å². The van der Waals surface area contributed by atoms with Crippen molar-refractivity contribution in [3.05, 3.63) is 169 Å². The third-order valence-corrected chi connectivity index (χ3v) is 9.42. The maximum Gasteiger partial charge on any atom is 0.0998 e. The average Bonchev–Trinajstić information content (AvgIpc) is 3.68. The quantitative estimate of drug-likeness (QED) is 0.199. The van der Waals surface area contributed by atoms with E-state index in [1.54, 1.807) is 0 Å². The molecule has 7 aromatic carbocycles. The van der Waals surface area contributed by atoms with Gasteiger partial charge in [0, 0.05) is 44.0 Å². The molecule has 4 nitrogen and oxygen atoms in total. The molecule has 0 aliphatic rings. The summed E-state index contributed by atoms with van der Waals surface area (Å²) in [6.07, 6.45) is 0. The zero-order valence-corrected chi connectivity index (χ0v) is 25.8. The molecule has 222 valence electrons. The van der Waals surface area contributed by atoms with Crippen molar-refractivity contribution in [2.45, 2.75) is 0 Å². The van der Waals surface area contributed by atoms with E-state index >= 15 is 0 Å². The Bertz CT molecular complexity index is 2780. The Morgan fingerprint density at radius 1 is 0.375 bits per heavy atom. The Balaban J connectivity index is 1.35. The standard InChI is InChI=1S/C44H26N4/c45-27-29-19-23-32(24-20-29)47-41-17-5-3-11-35(41)37-13-7-15-39(43(37)47)40-16-8-14-38-36-12-4-6-18-42(36)48(44(38)40)33-25-21-30(22-26-33)34-10-2-1-9-31(34)28-46/h1-26H. The summed E-state index contributed by atoms with van der Waals surface area (Å²) in [5.41, 5.74) is 12.0. The minimum Gasteiger partial charge on any atom is -0.309 e. The van der Waals surface area contributed by atoms with E-state index in [1.807, 2.05) is 48.5 Å². The maximum absolute atomic E-state index is 9.73. The van der Waals surface area contributed by atoms with Gasteiger partial charge in [0.15, 0.2) is 0 Å². The van der Waals surface area contributed by atoms with Crippen LogP contribution in [0.5, 0.6) is 0 Å². The lowest BCUT2D eigenvalue weighted by Gasteiger charge is -2.15. The normalized spacial score (nSPS) is 11.3. The predicted molar refractivity (Wildman–Crippen MR) is 195 cm³/mol. The van der Waals surface area contributed by atoms with Crippen LogP contribution in [-0.2, 0) is 0 Å². The van der Waals surface area contributed by atoms with E-state index in [0.29, 0.717) is 11.1 Å². The summed E-state index contributed by atoms with van der Waals surface area (Å²) in [7, 11) is 0. The third-order valence-electron chi connectivity index (χ3n) is 9.42. The van der Waals surface area contributed by atoms with E-state index in [2.05, 4.69) is 130 Å². The SMILES string of the molecule is N#Cc1ccc(-n2c3ccccc3c3cccc(-c4cccc5c6ccccc6n(-c6ccc(-c7ccccc7C#N)cc6)c45)c32)cc1. The fraction of sp³-hybridized carbons (Fsp3) is 0. The summed E-state index contributed by atoms with van der Waals surface area (Å²) in [4.78, 5) is 0. The van der Waals surface area contributed by atoms with E-state index in [-0.39, 0.29) is 0 Å². The fourth-order valence-electron chi connectivity index (χ4n) is 7.32. The highest BCUT2D eigenvalue weighted by Gasteiger charge is 2.21.